The van der Waals surface area contributed by atoms with Crippen molar-refractivity contribution in [2.24, 2.45) is 5.92 Å². The average Bonchev–Trinajstić information content (AvgIpc) is 2.42. The summed E-state index contributed by atoms with van der Waals surface area (Å²) in [6.07, 6.45) is 8.59. The standard InChI is InChI=1S/C16H28O3/c1-3-5-10-15(18)11-8-7-9-14(13-17)16(19)12-6-4-2/h13-14H,3-12H2,1-2H3. The number of carbonyl (C=O) groups is 3. The molecule has 0 aliphatic rings. The summed E-state index contributed by atoms with van der Waals surface area (Å²) in [6, 6.07) is 0. The number of Topliss-reactive ketones (excluding diaryl/α,β-unsaturated/α-hetero) is 2. The van der Waals surface area contributed by atoms with Crippen LogP contribution in [0.5, 0.6) is 0 Å². The van der Waals surface area contributed by atoms with Crippen molar-refractivity contribution >= 4 is 17.9 Å². The second-order valence-electron chi connectivity index (χ2n) is 5.20. The van der Waals surface area contributed by atoms with Crippen molar-refractivity contribution in [3.05, 3.63) is 0 Å². The fraction of sp³-hybridized carbons (Fsp3) is 0.812. The first kappa shape index (κ1) is 18.0. The van der Waals surface area contributed by atoms with Gasteiger partial charge in [-0.3, -0.25) is 9.59 Å². The molecule has 0 aromatic rings. The Balaban J connectivity index is 3.74. The molecule has 0 aliphatic heterocycles. The largest absolute Gasteiger partial charge is 0.303 e. The number of rotatable bonds is 13. The zero-order chi connectivity index (χ0) is 14.5. The first-order valence-corrected chi connectivity index (χ1v) is 7.65. The van der Waals surface area contributed by atoms with E-state index < -0.39 is 5.92 Å². The predicted octanol–water partition coefficient (Wildman–Crippen LogP) is 3.88. The van der Waals surface area contributed by atoms with Crippen molar-refractivity contribution in [2.75, 3.05) is 0 Å². The fourth-order valence-corrected chi connectivity index (χ4v) is 2.03. The lowest BCUT2D eigenvalue weighted by Gasteiger charge is -2.08. The molecule has 0 fully saturated rings. The number of aldehydes is 1. The molecule has 1 unspecified atom stereocenters. The van der Waals surface area contributed by atoms with E-state index >= 15 is 0 Å². The van der Waals surface area contributed by atoms with Crippen molar-refractivity contribution in [3.8, 4) is 0 Å². The summed E-state index contributed by atoms with van der Waals surface area (Å²) < 4.78 is 0. The molecule has 0 radical (unpaired) electrons. The Bertz CT molecular complexity index is 271. The molecule has 0 N–H and O–H groups in total. The predicted molar refractivity (Wildman–Crippen MR) is 77.1 cm³/mol. The minimum Gasteiger partial charge on any atom is -0.303 e. The molecular weight excluding hydrogens is 240 g/mol. The molecule has 0 spiro atoms. The lowest BCUT2D eigenvalue weighted by atomic mass is 9.94. The van der Waals surface area contributed by atoms with E-state index in [1.807, 2.05) is 6.92 Å². The van der Waals surface area contributed by atoms with Gasteiger partial charge in [-0.05, 0) is 25.7 Å². The third-order valence-electron chi connectivity index (χ3n) is 3.38. The third kappa shape index (κ3) is 9.57. The summed E-state index contributed by atoms with van der Waals surface area (Å²) >= 11 is 0. The molecule has 0 aromatic carbocycles. The van der Waals surface area contributed by atoms with Crippen LogP contribution in [0.25, 0.3) is 0 Å². The minimum absolute atomic E-state index is 0.0640. The van der Waals surface area contributed by atoms with E-state index in [1.165, 1.54) is 0 Å². The Morgan fingerprint density at radius 1 is 0.895 bits per heavy atom. The monoisotopic (exact) mass is 268 g/mol. The van der Waals surface area contributed by atoms with Crippen molar-refractivity contribution in [3.63, 3.8) is 0 Å². The van der Waals surface area contributed by atoms with Crippen LogP contribution in [0.15, 0.2) is 0 Å². The minimum atomic E-state index is -0.447. The van der Waals surface area contributed by atoms with E-state index in [0.717, 1.165) is 44.8 Å². The van der Waals surface area contributed by atoms with Gasteiger partial charge in [-0.25, -0.2) is 0 Å². The molecule has 0 saturated carbocycles. The van der Waals surface area contributed by atoms with Gasteiger partial charge in [0.2, 0.25) is 0 Å². The van der Waals surface area contributed by atoms with Crippen LogP contribution in [-0.4, -0.2) is 17.9 Å². The molecule has 19 heavy (non-hydrogen) atoms. The van der Waals surface area contributed by atoms with E-state index in [4.69, 9.17) is 0 Å². The van der Waals surface area contributed by atoms with Crippen LogP contribution < -0.4 is 0 Å². The Morgan fingerprint density at radius 2 is 1.47 bits per heavy atom. The summed E-state index contributed by atoms with van der Waals surface area (Å²) in [6.45, 7) is 4.11. The number of hydrogen-bond donors (Lipinski definition) is 0. The van der Waals surface area contributed by atoms with Crippen molar-refractivity contribution in [2.45, 2.75) is 78.1 Å². The maximum Gasteiger partial charge on any atom is 0.143 e. The number of carbonyl (C=O) groups excluding carboxylic acids is 3. The van der Waals surface area contributed by atoms with Crippen molar-refractivity contribution < 1.29 is 14.4 Å². The molecule has 0 saturated heterocycles. The normalized spacial score (nSPS) is 12.1. The molecule has 1 atom stereocenters. The van der Waals surface area contributed by atoms with E-state index in [2.05, 4.69) is 6.92 Å². The van der Waals surface area contributed by atoms with Gasteiger partial charge in [-0.2, -0.15) is 0 Å². The Kier molecular flexibility index (Phi) is 11.4. The highest BCUT2D eigenvalue weighted by molar-refractivity contribution is 5.93. The first-order valence-electron chi connectivity index (χ1n) is 7.65. The zero-order valence-corrected chi connectivity index (χ0v) is 12.5. The number of unbranched alkanes of at least 4 members (excludes halogenated alkanes) is 3. The Hall–Kier alpha value is -0.990. The van der Waals surface area contributed by atoms with Gasteiger partial charge >= 0.3 is 0 Å². The molecule has 0 aliphatic carbocycles. The molecule has 0 bridgehead atoms. The number of ketones is 2. The summed E-state index contributed by atoms with van der Waals surface area (Å²) in [5, 5.41) is 0. The maximum atomic E-state index is 11.7. The highest BCUT2D eigenvalue weighted by Gasteiger charge is 2.16. The summed E-state index contributed by atoms with van der Waals surface area (Å²) in [4.78, 5) is 34.1. The smallest absolute Gasteiger partial charge is 0.143 e. The molecule has 110 valence electrons. The zero-order valence-electron chi connectivity index (χ0n) is 12.5. The second kappa shape index (κ2) is 12.1. The first-order chi connectivity index (χ1) is 9.15. The second-order valence-corrected chi connectivity index (χ2v) is 5.20. The molecule has 0 rings (SSSR count). The van der Waals surface area contributed by atoms with Crippen LogP contribution in [0.2, 0.25) is 0 Å². The SMILES string of the molecule is CCCCC(=O)CCCCC(C=O)C(=O)CCCC. The van der Waals surface area contributed by atoms with Crippen LogP contribution in [0.1, 0.15) is 78.1 Å². The van der Waals surface area contributed by atoms with Gasteiger partial charge in [-0.1, -0.05) is 33.1 Å². The maximum absolute atomic E-state index is 11.7. The molecule has 0 heterocycles. The molecular formula is C16H28O3. The Morgan fingerprint density at radius 3 is 2.05 bits per heavy atom. The molecule has 0 amide bonds. The molecule has 0 aromatic heterocycles. The van der Waals surface area contributed by atoms with Crippen LogP contribution in [0, 0.1) is 5.92 Å². The van der Waals surface area contributed by atoms with Gasteiger partial charge in [0.1, 0.15) is 17.9 Å². The van der Waals surface area contributed by atoms with Gasteiger partial charge in [0.25, 0.3) is 0 Å². The van der Waals surface area contributed by atoms with E-state index in [9.17, 15) is 14.4 Å². The average molecular weight is 268 g/mol. The fourth-order valence-electron chi connectivity index (χ4n) is 2.03. The summed E-state index contributed by atoms with van der Waals surface area (Å²) in [7, 11) is 0. The number of hydrogen-bond acceptors (Lipinski definition) is 3. The highest BCUT2D eigenvalue weighted by Crippen LogP contribution is 2.13. The van der Waals surface area contributed by atoms with Crippen molar-refractivity contribution in [1.82, 2.24) is 0 Å². The quantitative estimate of drug-likeness (QED) is 0.289. The summed E-state index contributed by atoms with van der Waals surface area (Å²) in [5.41, 5.74) is 0. The van der Waals surface area contributed by atoms with Gasteiger partial charge in [-0.15, -0.1) is 0 Å². The summed E-state index contributed by atoms with van der Waals surface area (Å²) in [5.74, 6) is -0.0757. The van der Waals surface area contributed by atoms with E-state index in [0.29, 0.717) is 31.5 Å². The van der Waals surface area contributed by atoms with E-state index in [1.54, 1.807) is 0 Å². The third-order valence-corrected chi connectivity index (χ3v) is 3.38. The molecule has 3 heteroatoms. The Labute approximate surface area is 117 Å². The lowest BCUT2D eigenvalue weighted by molar-refractivity contribution is -0.127. The van der Waals surface area contributed by atoms with E-state index in [-0.39, 0.29) is 5.78 Å². The molecule has 3 nitrogen and oxygen atoms in total. The highest BCUT2D eigenvalue weighted by atomic mass is 16.1. The van der Waals surface area contributed by atoms with Crippen molar-refractivity contribution in [1.29, 1.82) is 0 Å². The van der Waals surface area contributed by atoms with Gasteiger partial charge in [0, 0.05) is 19.3 Å². The van der Waals surface area contributed by atoms with Crippen LogP contribution in [0.4, 0.5) is 0 Å². The van der Waals surface area contributed by atoms with Crippen LogP contribution >= 0.6 is 0 Å². The van der Waals surface area contributed by atoms with Gasteiger partial charge < -0.3 is 4.79 Å². The lowest BCUT2D eigenvalue weighted by Crippen LogP contribution is -2.15. The van der Waals surface area contributed by atoms with Gasteiger partial charge in [0.05, 0.1) is 5.92 Å². The van der Waals surface area contributed by atoms with Crippen LogP contribution in [0.3, 0.4) is 0 Å². The van der Waals surface area contributed by atoms with Gasteiger partial charge in [0.15, 0.2) is 0 Å². The topological polar surface area (TPSA) is 51.2 Å². The van der Waals surface area contributed by atoms with Crippen LogP contribution in [-0.2, 0) is 14.4 Å².